The molecule has 0 unspecified atom stereocenters. The molecule has 1 saturated carbocycles. The molecule has 30 heavy (non-hydrogen) atoms. The lowest BCUT2D eigenvalue weighted by Gasteiger charge is -2.23. The van der Waals surface area contributed by atoms with Crippen LogP contribution in [0.4, 0.5) is 4.39 Å². The molecule has 1 aliphatic heterocycles. The fourth-order valence-corrected chi connectivity index (χ4v) is 5.13. The average Bonchev–Trinajstić information content (AvgIpc) is 3.29. The summed E-state index contributed by atoms with van der Waals surface area (Å²) in [4.78, 5) is 15.3. The van der Waals surface area contributed by atoms with E-state index in [9.17, 15) is 9.18 Å². The van der Waals surface area contributed by atoms with Gasteiger partial charge in [-0.3, -0.25) is 9.36 Å². The molecule has 5 nitrogen and oxygen atoms in total. The van der Waals surface area contributed by atoms with E-state index in [1.165, 1.54) is 17.8 Å². The van der Waals surface area contributed by atoms with Crippen molar-refractivity contribution >= 4 is 17.7 Å². The van der Waals surface area contributed by atoms with Gasteiger partial charge in [-0.15, -0.1) is 10.2 Å². The van der Waals surface area contributed by atoms with E-state index in [0.29, 0.717) is 16.5 Å². The van der Waals surface area contributed by atoms with Crippen LogP contribution in [0.15, 0.2) is 59.8 Å². The molecule has 1 aliphatic carbocycles. The number of rotatable bonds is 6. The smallest absolute Gasteiger partial charge is 0.240 e. The second kappa shape index (κ2) is 8.22. The van der Waals surface area contributed by atoms with Crippen molar-refractivity contribution in [3.63, 3.8) is 0 Å². The predicted molar refractivity (Wildman–Crippen MR) is 115 cm³/mol. The summed E-state index contributed by atoms with van der Waals surface area (Å²) in [5, 5.41) is 9.04. The van der Waals surface area contributed by atoms with E-state index in [0.717, 1.165) is 44.3 Å². The van der Waals surface area contributed by atoms with E-state index < -0.39 is 0 Å². The van der Waals surface area contributed by atoms with E-state index in [-0.39, 0.29) is 23.0 Å². The summed E-state index contributed by atoms with van der Waals surface area (Å²) in [5.74, 6) is 0.344. The van der Waals surface area contributed by atoms with E-state index in [4.69, 9.17) is 0 Å². The summed E-state index contributed by atoms with van der Waals surface area (Å²) >= 11 is 1.43. The number of amides is 1. The molecular formula is C23H23FN4OS. The maximum atomic E-state index is 14.5. The molecule has 0 bridgehead atoms. The molecule has 2 fully saturated rings. The number of likely N-dealkylation sites (tertiary alicyclic amines) is 1. The highest BCUT2D eigenvalue weighted by Crippen LogP contribution is 2.45. The third kappa shape index (κ3) is 3.74. The van der Waals surface area contributed by atoms with Crippen LogP contribution >= 0.6 is 11.8 Å². The highest BCUT2D eigenvalue weighted by atomic mass is 32.2. The van der Waals surface area contributed by atoms with Gasteiger partial charge in [0.25, 0.3) is 0 Å². The van der Waals surface area contributed by atoms with Crippen LogP contribution in [-0.2, 0) is 4.79 Å². The number of nitrogens with zero attached hydrogens (tertiary/aromatic N) is 4. The summed E-state index contributed by atoms with van der Waals surface area (Å²) < 4.78 is 16.5. The summed E-state index contributed by atoms with van der Waals surface area (Å²) in [6.45, 7) is 1.61. The lowest BCUT2D eigenvalue weighted by Crippen LogP contribution is -2.31. The zero-order chi connectivity index (χ0) is 20.5. The molecule has 0 N–H and O–H groups in total. The zero-order valence-electron chi connectivity index (χ0n) is 16.6. The van der Waals surface area contributed by atoms with E-state index in [1.807, 2.05) is 39.8 Å². The monoisotopic (exact) mass is 422 g/mol. The van der Waals surface area contributed by atoms with Crippen molar-refractivity contribution < 1.29 is 9.18 Å². The second-order valence-electron chi connectivity index (χ2n) is 7.83. The fraction of sp³-hybridized carbons (Fsp3) is 0.348. The number of aromatic nitrogens is 3. The Morgan fingerprint density at radius 1 is 1.00 bits per heavy atom. The number of thioether (sulfide) groups is 1. The first-order valence-electron chi connectivity index (χ1n) is 10.4. The summed E-state index contributed by atoms with van der Waals surface area (Å²) in [5.41, 5.74) is 1.41. The summed E-state index contributed by atoms with van der Waals surface area (Å²) in [6.07, 6.45) is 4.13. The Bertz CT molecular complexity index is 1040. The molecule has 2 aliphatic rings. The van der Waals surface area contributed by atoms with E-state index >= 15 is 0 Å². The Morgan fingerprint density at radius 3 is 2.40 bits per heavy atom. The van der Waals surface area contributed by atoms with Gasteiger partial charge < -0.3 is 4.90 Å². The molecule has 1 saturated heterocycles. The molecule has 7 heteroatoms. The van der Waals surface area contributed by atoms with Gasteiger partial charge in [0.1, 0.15) is 11.1 Å². The molecule has 5 rings (SSSR count). The third-order valence-corrected chi connectivity index (χ3v) is 6.86. The van der Waals surface area contributed by atoms with Crippen LogP contribution in [0.2, 0.25) is 0 Å². The molecule has 1 amide bonds. The standard InChI is InChI=1S/C23H23FN4OS/c24-19-11-5-4-10-18(19)21-25-26-23(28(21)17-12-13-17)30-20(16-8-2-1-3-9-16)22(29)27-14-6-7-15-27/h1-5,8-11,17,20H,6-7,12-15H2/t20-/m1/s1. The minimum Gasteiger partial charge on any atom is -0.341 e. The fourth-order valence-electron chi connectivity index (χ4n) is 3.94. The topological polar surface area (TPSA) is 51.0 Å². The lowest BCUT2D eigenvalue weighted by molar-refractivity contribution is -0.129. The highest BCUT2D eigenvalue weighted by Gasteiger charge is 2.35. The van der Waals surface area contributed by atoms with Crippen molar-refractivity contribution in [2.45, 2.75) is 42.1 Å². The van der Waals surface area contributed by atoms with E-state index in [1.54, 1.807) is 18.2 Å². The first-order chi connectivity index (χ1) is 14.7. The third-order valence-electron chi connectivity index (χ3n) is 5.66. The van der Waals surface area contributed by atoms with Gasteiger partial charge in [0, 0.05) is 19.1 Å². The second-order valence-corrected chi connectivity index (χ2v) is 8.90. The number of halogens is 1. The molecule has 1 aromatic heterocycles. The van der Waals surface area contributed by atoms with E-state index in [2.05, 4.69) is 10.2 Å². The van der Waals surface area contributed by atoms with Crippen LogP contribution in [0.5, 0.6) is 0 Å². The van der Waals surface area contributed by atoms with Crippen molar-refractivity contribution in [2.24, 2.45) is 0 Å². The molecule has 1 atom stereocenters. The Kier molecular flexibility index (Phi) is 5.29. The van der Waals surface area contributed by atoms with Gasteiger partial charge in [0.05, 0.1) is 5.56 Å². The molecule has 0 radical (unpaired) electrons. The number of carbonyl (C=O) groups is 1. The highest BCUT2D eigenvalue weighted by molar-refractivity contribution is 8.00. The number of hydrogen-bond donors (Lipinski definition) is 0. The Labute approximate surface area is 179 Å². The van der Waals surface area contributed by atoms with Gasteiger partial charge in [-0.1, -0.05) is 54.2 Å². The number of carbonyl (C=O) groups excluding carboxylic acids is 1. The lowest BCUT2D eigenvalue weighted by atomic mass is 10.1. The minimum atomic E-state index is -0.389. The number of hydrogen-bond acceptors (Lipinski definition) is 4. The van der Waals surface area contributed by atoms with Crippen LogP contribution in [0.3, 0.4) is 0 Å². The Balaban J connectivity index is 1.52. The normalized spacial score (nSPS) is 17.3. The van der Waals surface area contributed by atoms with Crippen molar-refractivity contribution in [3.05, 3.63) is 66.0 Å². The van der Waals surface area contributed by atoms with Crippen LogP contribution < -0.4 is 0 Å². The van der Waals surface area contributed by atoms with Crippen molar-refractivity contribution in [2.75, 3.05) is 13.1 Å². The molecule has 2 heterocycles. The van der Waals surface area contributed by atoms with Gasteiger partial charge in [-0.2, -0.15) is 0 Å². The average molecular weight is 423 g/mol. The SMILES string of the molecule is O=C([C@H](Sc1nnc(-c2ccccc2F)n1C1CC1)c1ccccc1)N1CCCC1. The molecular weight excluding hydrogens is 399 g/mol. The number of benzene rings is 2. The molecule has 0 spiro atoms. The largest absolute Gasteiger partial charge is 0.341 e. The minimum absolute atomic E-state index is 0.112. The Morgan fingerprint density at radius 2 is 1.70 bits per heavy atom. The summed E-state index contributed by atoms with van der Waals surface area (Å²) in [7, 11) is 0. The quantitative estimate of drug-likeness (QED) is 0.532. The van der Waals surface area contributed by atoms with Gasteiger partial charge in [0.15, 0.2) is 11.0 Å². The van der Waals surface area contributed by atoms with Gasteiger partial charge in [-0.05, 0) is 43.4 Å². The first kappa shape index (κ1) is 19.3. The molecule has 2 aromatic carbocycles. The molecule has 154 valence electrons. The maximum absolute atomic E-state index is 14.5. The van der Waals surface area contributed by atoms with Crippen molar-refractivity contribution in [1.82, 2.24) is 19.7 Å². The van der Waals surface area contributed by atoms with Crippen molar-refractivity contribution in [3.8, 4) is 11.4 Å². The Hall–Kier alpha value is -2.67. The van der Waals surface area contributed by atoms with Gasteiger partial charge in [-0.25, -0.2) is 4.39 Å². The maximum Gasteiger partial charge on any atom is 0.240 e. The van der Waals surface area contributed by atoms with Crippen LogP contribution in [0.25, 0.3) is 11.4 Å². The molecule has 3 aromatic rings. The first-order valence-corrected chi connectivity index (χ1v) is 11.3. The van der Waals surface area contributed by atoms with Crippen LogP contribution in [-0.4, -0.2) is 38.7 Å². The van der Waals surface area contributed by atoms with Crippen LogP contribution in [0.1, 0.15) is 42.5 Å². The predicted octanol–water partition coefficient (Wildman–Crippen LogP) is 4.87. The summed E-state index contributed by atoms with van der Waals surface area (Å²) in [6, 6.07) is 16.8. The van der Waals surface area contributed by atoms with Crippen LogP contribution in [0, 0.1) is 5.82 Å². The van der Waals surface area contributed by atoms with Crippen molar-refractivity contribution in [1.29, 1.82) is 0 Å². The zero-order valence-corrected chi connectivity index (χ0v) is 17.4. The van der Waals surface area contributed by atoms with Gasteiger partial charge in [0.2, 0.25) is 5.91 Å². The van der Waals surface area contributed by atoms with Gasteiger partial charge >= 0.3 is 0 Å².